The molecule has 3 rings (SSSR count). The van der Waals surface area contributed by atoms with Gasteiger partial charge in [0.25, 0.3) is 5.91 Å². The van der Waals surface area contributed by atoms with Crippen LogP contribution in [0.1, 0.15) is 38.5 Å². The van der Waals surface area contributed by atoms with Gasteiger partial charge in [0.05, 0.1) is 4.88 Å². The van der Waals surface area contributed by atoms with Crippen LogP contribution in [-0.4, -0.2) is 12.5 Å². The van der Waals surface area contributed by atoms with Crippen LogP contribution < -0.4 is 5.32 Å². The smallest absolute Gasteiger partial charge is 0.261 e. The van der Waals surface area contributed by atoms with Crippen LogP contribution in [0.15, 0.2) is 30.3 Å². The third-order valence-corrected chi connectivity index (χ3v) is 5.32. The molecule has 21 heavy (non-hydrogen) atoms. The molecule has 0 aliphatic heterocycles. The minimum atomic E-state index is 0.0587. The fraction of sp³-hybridized carbons (Fsp3) is 0.353. The molecule has 0 unspecified atom stereocenters. The van der Waals surface area contributed by atoms with Crippen molar-refractivity contribution >= 4 is 28.8 Å². The third kappa shape index (κ3) is 3.66. The molecule has 0 spiro atoms. The Morgan fingerprint density at radius 1 is 1.19 bits per heavy atom. The quantitative estimate of drug-likeness (QED) is 0.896. The number of thiophene rings is 1. The van der Waals surface area contributed by atoms with E-state index in [1.165, 1.54) is 28.8 Å². The van der Waals surface area contributed by atoms with Gasteiger partial charge in [-0.2, -0.15) is 0 Å². The number of carbonyl (C=O) groups is 1. The summed E-state index contributed by atoms with van der Waals surface area (Å²) in [4.78, 5) is 14.5. The van der Waals surface area contributed by atoms with Crippen molar-refractivity contribution in [1.29, 1.82) is 0 Å². The zero-order chi connectivity index (χ0) is 14.7. The molecule has 110 valence electrons. The first kappa shape index (κ1) is 14.6. The average molecular weight is 320 g/mol. The number of nitrogens with one attached hydrogen (secondary N) is 1. The van der Waals surface area contributed by atoms with Crippen molar-refractivity contribution in [3.05, 3.63) is 56.2 Å². The average Bonchev–Trinajstić information content (AvgIpc) is 2.93. The summed E-state index contributed by atoms with van der Waals surface area (Å²) in [6, 6.07) is 9.84. The second-order valence-electron chi connectivity index (χ2n) is 5.40. The molecular weight excluding hydrogens is 302 g/mol. The number of carbonyl (C=O) groups excluding carboxylic acids is 1. The zero-order valence-electron chi connectivity index (χ0n) is 11.8. The largest absolute Gasteiger partial charge is 0.351 e. The maximum Gasteiger partial charge on any atom is 0.261 e. The van der Waals surface area contributed by atoms with Gasteiger partial charge < -0.3 is 5.32 Å². The van der Waals surface area contributed by atoms with Gasteiger partial charge in [0, 0.05) is 16.4 Å². The number of rotatable bonds is 4. The molecule has 1 aliphatic rings. The SMILES string of the molecule is O=C(NCCc1ccc(Cl)cc1)c1cc2c(s1)CCCC2. The second kappa shape index (κ2) is 6.63. The summed E-state index contributed by atoms with van der Waals surface area (Å²) in [5.74, 6) is 0.0587. The lowest BCUT2D eigenvalue weighted by Crippen LogP contribution is -2.24. The van der Waals surface area contributed by atoms with Crippen LogP contribution in [0.4, 0.5) is 0 Å². The van der Waals surface area contributed by atoms with Crippen molar-refractivity contribution in [2.45, 2.75) is 32.1 Å². The Morgan fingerprint density at radius 2 is 1.95 bits per heavy atom. The minimum absolute atomic E-state index is 0.0587. The predicted molar refractivity (Wildman–Crippen MR) is 88.5 cm³/mol. The maximum atomic E-state index is 12.2. The predicted octanol–water partition coefficient (Wildman–Crippen LogP) is 4.25. The third-order valence-electron chi connectivity index (χ3n) is 3.83. The Labute approximate surface area is 134 Å². The van der Waals surface area contributed by atoms with E-state index in [2.05, 4.69) is 11.4 Å². The van der Waals surface area contributed by atoms with E-state index in [4.69, 9.17) is 11.6 Å². The molecule has 1 aromatic carbocycles. The molecular formula is C17H18ClNOS. The van der Waals surface area contributed by atoms with Crippen LogP contribution in [0.2, 0.25) is 5.02 Å². The molecule has 0 saturated heterocycles. The number of benzene rings is 1. The number of amides is 1. The topological polar surface area (TPSA) is 29.1 Å². The van der Waals surface area contributed by atoms with E-state index >= 15 is 0 Å². The molecule has 2 aromatic rings. The van der Waals surface area contributed by atoms with Crippen LogP contribution >= 0.6 is 22.9 Å². The van der Waals surface area contributed by atoms with Crippen LogP contribution in [0.25, 0.3) is 0 Å². The Morgan fingerprint density at radius 3 is 2.71 bits per heavy atom. The van der Waals surface area contributed by atoms with Crippen LogP contribution in [0.3, 0.4) is 0 Å². The lowest BCUT2D eigenvalue weighted by Gasteiger charge is -2.08. The van der Waals surface area contributed by atoms with Gasteiger partial charge in [-0.1, -0.05) is 23.7 Å². The van der Waals surface area contributed by atoms with Gasteiger partial charge >= 0.3 is 0 Å². The lowest BCUT2D eigenvalue weighted by molar-refractivity contribution is 0.0958. The monoisotopic (exact) mass is 319 g/mol. The van der Waals surface area contributed by atoms with Crippen molar-refractivity contribution < 1.29 is 4.79 Å². The summed E-state index contributed by atoms with van der Waals surface area (Å²) < 4.78 is 0. The van der Waals surface area contributed by atoms with E-state index in [1.807, 2.05) is 24.3 Å². The highest BCUT2D eigenvalue weighted by molar-refractivity contribution is 7.14. The van der Waals surface area contributed by atoms with Gasteiger partial charge in [0.2, 0.25) is 0 Å². The molecule has 0 fully saturated rings. The highest BCUT2D eigenvalue weighted by Gasteiger charge is 2.16. The molecule has 4 heteroatoms. The Hall–Kier alpha value is -1.32. The van der Waals surface area contributed by atoms with Gasteiger partial charge in [0.15, 0.2) is 0 Å². The van der Waals surface area contributed by atoms with Gasteiger partial charge in [0.1, 0.15) is 0 Å². The molecule has 0 saturated carbocycles. The van der Waals surface area contributed by atoms with Gasteiger partial charge in [-0.15, -0.1) is 11.3 Å². The fourth-order valence-electron chi connectivity index (χ4n) is 2.66. The van der Waals surface area contributed by atoms with Crippen molar-refractivity contribution in [1.82, 2.24) is 5.32 Å². The molecule has 1 heterocycles. The maximum absolute atomic E-state index is 12.2. The summed E-state index contributed by atoms with van der Waals surface area (Å²) >= 11 is 7.52. The fourth-order valence-corrected chi connectivity index (χ4v) is 3.96. The van der Waals surface area contributed by atoms with Crippen LogP contribution in [-0.2, 0) is 19.3 Å². The molecule has 1 aliphatic carbocycles. The number of hydrogen-bond donors (Lipinski definition) is 1. The Balaban J connectivity index is 1.54. The van der Waals surface area contributed by atoms with E-state index in [0.717, 1.165) is 29.2 Å². The summed E-state index contributed by atoms with van der Waals surface area (Å²) in [7, 11) is 0. The van der Waals surface area contributed by atoms with Gasteiger partial charge in [-0.3, -0.25) is 4.79 Å². The summed E-state index contributed by atoms with van der Waals surface area (Å²) in [6.45, 7) is 0.656. The molecule has 1 aromatic heterocycles. The Kier molecular flexibility index (Phi) is 4.61. The standard InChI is InChI=1S/C17H18ClNOS/c18-14-7-5-12(6-8-14)9-10-19-17(20)16-11-13-3-1-2-4-15(13)21-16/h5-8,11H,1-4,9-10H2,(H,19,20). The van der Waals surface area contributed by atoms with E-state index in [0.29, 0.717) is 6.54 Å². The number of aryl methyl sites for hydroxylation is 2. The van der Waals surface area contributed by atoms with E-state index in [9.17, 15) is 4.79 Å². The summed E-state index contributed by atoms with van der Waals surface area (Å²) in [5, 5.41) is 3.75. The van der Waals surface area contributed by atoms with Gasteiger partial charge in [-0.05, 0) is 61.4 Å². The Bertz CT molecular complexity index is 609. The molecule has 1 N–H and O–H groups in total. The van der Waals surface area contributed by atoms with Crippen molar-refractivity contribution in [2.75, 3.05) is 6.54 Å². The number of hydrogen-bond acceptors (Lipinski definition) is 2. The first-order chi connectivity index (χ1) is 10.2. The number of halogens is 1. The van der Waals surface area contributed by atoms with Crippen molar-refractivity contribution in [3.63, 3.8) is 0 Å². The second-order valence-corrected chi connectivity index (χ2v) is 6.97. The molecule has 0 bridgehead atoms. The van der Waals surface area contributed by atoms with E-state index < -0.39 is 0 Å². The lowest BCUT2D eigenvalue weighted by atomic mass is 9.99. The minimum Gasteiger partial charge on any atom is -0.351 e. The highest BCUT2D eigenvalue weighted by atomic mass is 35.5. The normalized spacial score (nSPS) is 13.8. The van der Waals surface area contributed by atoms with Crippen LogP contribution in [0.5, 0.6) is 0 Å². The highest BCUT2D eigenvalue weighted by Crippen LogP contribution is 2.29. The summed E-state index contributed by atoms with van der Waals surface area (Å²) in [5.41, 5.74) is 2.57. The molecule has 0 radical (unpaired) electrons. The number of fused-ring (bicyclic) bond motifs is 1. The molecule has 2 nitrogen and oxygen atoms in total. The van der Waals surface area contributed by atoms with Crippen LogP contribution in [0, 0.1) is 0 Å². The molecule has 0 atom stereocenters. The molecule has 1 amide bonds. The van der Waals surface area contributed by atoms with E-state index in [-0.39, 0.29) is 5.91 Å². The van der Waals surface area contributed by atoms with E-state index in [1.54, 1.807) is 11.3 Å². The van der Waals surface area contributed by atoms with Crippen molar-refractivity contribution in [3.8, 4) is 0 Å². The van der Waals surface area contributed by atoms with Gasteiger partial charge in [-0.25, -0.2) is 0 Å². The van der Waals surface area contributed by atoms with Crippen molar-refractivity contribution in [2.24, 2.45) is 0 Å². The first-order valence-corrected chi connectivity index (χ1v) is 8.56. The zero-order valence-corrected chi connectivity index (χ0v) is 13.4. The first-order valence-electron chi connectivity index (χ1n) is 7.36. The summed E-state index contributed by atoms with van der Waals surface area (Å²) in [6.07, 6.45) is 5.60.